The van der Waals surface area contributed by atoms with Crippen molar-refractivity contribution in [2.24, 2.45) is 0 Å². The quantitative estimate of drug-likeness (QED) is 0.916. The van der Waals surface area contributed by atoms with Gasteiger partial charge in [-0.25, -0.2) is 9.78 Å². The highest BCUT2D eigenvalue weighted by Gasteiger charge is 2.09. The van der Waals surface area contributed by atoms with Crippen molar-refractivity contribution in [1.29, 1.82) is 0 Å². The van der Waals surface area contributed by atoms with Gasteiger partial charge in [0, 0.05) is 12.7 Å². The average Bonchev–Trinajstić information content (AvgIpc) is 2.38. The van der Waals surface area contributed by atoms with Gasteiger partial charge in [0.2, 0.25) is 0 Å². The maximum absolute atomic E-state index is 10.8. The lowest BCUT2D eigenvalue weighted by Crippen LogP contribution is -2.12. The zero-order valence-corrected chi connectivity index (χ0v) is 11.2. The molecule has 2 rings (SSSR count). The van der Waals surface area contributed by atoms with Gasteiger partial charge in [0.25, 0.3) is 0 Å². The first kappa shape index (κ1) is 13.1. The number of carbonyl (C=O) groups is 1. The molecule has 0 aliphatic rings. The van der Waals surface area contributed by atoms with Crippen LogP contribution in [0, 0.1) is 13.8 Å². The molecule has 4 heteroatoms. The first-order chi connectivity index (χ1) is 8.99. The van der Waals surface area contributed by atoms with E-state index in [4.69, 9.17) is 5.11 Å². The molecule has 0 fully saturated rings. The van der Waals surface area contributed by atoms with E-state index in [0.717, 1.165) is 11.4 Å². The van der Waals surface area contributed by atoms with Crippen LogP contribution >= 0.6 is 0 Å². The van der Waals surface area contributed by atoms with Crippen LogP contribution in [0.4, 0.5) is 11.4 Å². The Morgan fingerprint density at radius 2 is 1.95 bits per heavy atom. The standard InChI is InChI=1S/C15H16N2O2/c1-10-4-7-14(11(2)8-10)17(3)12-5-6-13(15(18)19)16-9-12/h4-9H,1-3H3,(H,18,19). The van der Waals surface area contributed by atoms with Gasteiger partial charge in [-0.05, 0) is 37.6 Å². The number of carboxylic acid groups (broad SMARTS) is 1. The topological polar surface area (TPSA) is 53.4 Å². The van der Waals surface area contributed by atoms with Gasteiger partial charge in [-0.1, -0.05) is 17.7 Å². The normalized spacial score (nSPS) is 10.3. The molecule has 0 spiro atoms. The van der Waals surface area contributed by atoms with E-state index in [2.05, 4.69) is 37.0 Å². The third-order valence-corrected chi connectivity index (χ3v) is 3.07. The van der Waals surface area contributed by atoms with Crippen LogP contribution in [0.1, 0.15) is 21.6 Å². The SMILES string of the molecule is Cc1ccc(N(C)c2ccc(C(=O)O)nc2)c(C)c1. The number of hydrogen-bond donors (Lipinski definition) is 1. The van der Waals surface area contributed by atoms with Gasteiger partial charge in [0.1, 0.15) is 5.69 Å². The molecule has 2 aromatic rings. The van der Waals surface area contributed by atoms with Gasteiger partial charge in [0.05, 0.1) is 11.9 Å². The molecule has 0 radical (unpaired) electrons. The summed E-state index contributed by atoms with van der Waals surface area (Å²) in [4.78, 5) is 16.7. The first-order valence-corrected chi connectivity index (χ1v) is 5.99. The largest absolute Gasteiger partial charge is 0.477 e. The number of benzene rings is 1. The minimum atomic E-state index is -1.01. The van der Waals surface area contributed by atoms with Crippen LogP contribution in [0.25, 0.3) is 0 Å². The Bertz CT molecular complexity index is 606. The molecule has 0 saturated carbocycles. The summed E-state index contributed by atoms with van der Waals surface area (Å²) in [6.07, 6.45) is 1.57. The van der Waals surface area contributed by atoms with E-state index in [0.29, 0.717) is 0 Å². The second kappa shape index (κ2) is 5.10. The third kappa shape index (κ3) is 2.73. The Balaban J connectivity index is 2.33. The van der Waals surface area contributed by atoms with Crippen molar-refractivity contribution in [2.45, 2.75) is 13.8 Å². The minimum Gasteiger partial charge on any atom is -0.477 e. The van der Waals surface area contributed by atoms with Gasteiger partial charge in [-0.3, -0.25) is 0 Å². The van der Waals surface area contributed by atoms with Crippen LogP contribution in [-0.4, -0.2) is 23.1 Å². The zero-order valence-electron chi connectivity index (χ0n) is 11.2. The van der Waals surface area contributed by atoms with Gasteiger partial charge in [-0.2, -0.15) is 0 Å². The Morgan fingerprint density at radius 1 is 1.21 bits per heavy atom. The Kier molecular flexibility index (Phi) is 3.51. The van der Waals surface area contributed by atoms with Crippen molar-refractivity contribution in [3.05, 3.63) is 53.3 Å². The summed E-state index contributed by atoms with van der Waals surface area (Å²) in [5, 5.41) is 8.83. The van der Waals surface area contributed by atoms with Crippen molar-refractivity contribution in [2.75, 3.05) is 11.9 Å². The summed E-state index contributed by atoms with van der Waals surface area (Å²) < 4.78 is 0. The van der Waals surface area contributed by atoms with Gasteiger partial charge in [0.15, 0.2) is 0 Å². The summed E-state index contributed by atoms with van der Waals surface area (Å²) in [7, 11) is 1.94. The van der Waals surface area contributed by atoms with Crippen molar-refractivity contribution >= 4 is 17.3 Å². The number of nitrogens with zero attached hydrogens (tertiary/aromatic N) is 2. The number of aromatic nitrogens is 1. The van der Waals surface area contributed by atoms with Crippen LogP contribution in [0.5, 0.6) is 0 Å². The molecular weight excluding hydrogens is 240 g/mol. The Labute approximate surface area is 112 Å². The molecule has 0 atom stereocenters. The Hall–Kier alpha value is -2.36. The van der Waals surface area contributed by atoms with Gasteiger partial charge < -0.3 is 10.0 Å². The molecule has 4 nitrogen and oxygen atoms in total. The molecule has 1 aromatic heterocycles. The summed E-state index contributed by atoms with van der Waals surface area (Å²) >= 11 is 0. The Morgan fingerprint density at radius 3 is 2.47 bits per heavy atom. The van der Waals surface area contributed by atoms with Crippen LogP contribution in [0.3, 0.4) is 0 Å². The second-order valence-electron chi connectivity index (χ2n) is 4.56. The van der Waals surface area contributed by atoms with Crippen molar-refractivity contribution in [3.8, 4) is 0 Å². The predicted molar refractivity (Wildman–Crippen MR) is 75.2 cm³/mol. The highest BCUT2D eigenvalue weighted by atomic mass is 16.4. The fourth-order valence-electron chi connectivity index (χ4n) is 2.03. The molecular formula is C15H16N2O2. The van der Waals surface area contributed by atoms with Gasteiger partial charge >= 0.3 is 5.97 Å². The van der Waals surface area contributed by atoms with E-state index in [-0.39, 0.29) is 5.69 Å². The second-order valence-corrected chi connectivity index (χ2v) is 4.56. The smallest absolute Gasteiger partial charge is 0.354 e. The number of aryl methyl sites for hydroxylation is 2. The van der Waals surface area contributed by atoms with Crippen LogP contribution in [0.2, 0.25) is 0 Å². The number of anilines is 2. The molecule has 0 bridgehead atoms. The van der Waals surface area contributed by atoms with Crippen LogP contribution < -0.4 is 4.90 Å². The summed E-state index contributed by atoms with van der Waals surface area (Å²) in [5.41, 5.74) is 4.38. The molecule has 0 aliphatic heterocycles. The molecule has 1 aromatic carbocycles. The van der Waals surface area contributed by atoms with E-state index in [1.54, 1.807) is 12.3 Å². The zero-order chi connectivity index (χ0) is 14.0. The monoisotopic (exact) mass is 256 g/mol. The summed E-state index contributed by atoms with van der Waals surface area (Å²) in [5.74, 6) is -1.01. The minimum absolute atomic E-state index is 0.0535. The lowest BCUT2D eigenvalue weighted by atomic mass is 10.1. The van der Waals surface area contributed by atoms with E-state index >= 15 is 0 Å². The van der Waals surface area contributed by atoms with E-state index in [9.17, 15) is 4.79 Å². The number of rotatable bonds is 3. The first-order valence-electron chi connectivity index (χ1n) is 5.99. The molecule has 0 saturated heterocycles. The van der Waals surface area contributed by atoms with Crippen molar-refractivity contribution in [1.82, 2.24) is 4.98 Å². The molecule has 98 valence electrons. The summed E-state index contributed by atoms with van der Waals surface area (Å²) in [6, 6.07) is 9.49. The van der Waals surface area contributed by atoms with Crippen LogP contribution in [0.15, 0.2) is 36.5 Å². The van der Waals surface area contributed by atoms with Crippen molar-refractivity contribution < 1.29 is 9.90 Å². The average molecular weight is 256 g/mol. The van der Waals surface area contributed by atoms with E-state index in [1.807, 2.05) is 11.9 Å². The van der Waals surface area contributed by atoms with E-state index in [1.165, 1.54) is 17.2 Å². The van der Waals surface area contributed by atoms with Gasteiger partial charge in [-0.15, -0.1) is 0 Å². The van der Waals surface area contributed by atoms with E-state index < -0.39 is 5.97 Å². The number of pyridine rings is 1. The fraction of sp³-hybridized carbons (Fsp3) is 0.200. The number of carboxylic acids is 1. The molecule has 0 amide bonds. The fourth-order valence-corrected chi connectivity index (χ4v) is 2.03. The lowest BCUT2D eigenvalue weighted by Gasteiger charge is -2.21. The lowest BCUT2D eigenvalue weighted by molar-refractivity contribution is 0.0690. The molecule has 1 heterocycles. The molecule has 0 aliphatic carbocycles. The maximum Gasteiger partial charge on any atom is 0.354 e. The van der Waals surface area contributed by atoms with Crippen LogP contribution in [-0.2, 0) is 0 Å². The third-order valence-electron chi connectivity index (χ3n) is 3.07. The molecule has 19 heavy (non-hydrogen) atoms. The number of aromatic carboxylic acids is 1. The molecule has 0 unspecified atom stereocenters. The number of hydrogen-bond acceptors (Lipinski definition) is 3. The molecule has 1 N–H and O–H groups in total. The predicted octanol–water partition coefficient (Wildman–Crippen LogP) is 3.16. The highest BCUT2D eigenvalue weighted by Crippen LogP contribution is 2.26. The van der Waals surface area contributed by atoms with Crippen molar-refractivity contribution in [3.63, 3.8) is 0 Å². The highest BCUT2D eigenvalue weighted by molar-refractivity contribution is 5.85. The summed E-state index contributed by atoms with van der Waals surface area (Å²) in [6.45, 7) is 4.11. The maximum atomic E-state index is 10.8.